The van der Waals surface area contributed by atoms with E-state index in [0.29, 0.717) is 24.2 Å². The molecule has 1 unspecified atom stereocenters. The minimum atomic E-state index is -2.44. The maximum atomic E-state index is 12.4. The number of hydrogen-bond acceptors (Lipinski definition) is 1. The quantitative estimate of drug-likeness (QED) is 0.730. The number of rotatable bonds is 5. The van der Waals surface area contributed by atoms with Gasteiger partial charge in [-0.15, -0.1) is 0 Å². The van der Waals surface area contributed by atoms with Crippen LogP contribution in [0.1, 0.15) is 32.8 Å². The molecule has 90 valence electrons. The molecule has 0 N–H and O–H groups in total. The number of hydrogen-bond donors (Lipinski definition) is 0. The average molecular weight is 228 g/mol. The van der Waals surface area contributed by atoms with Crippen LogP contribution in [0.4, 0.5) is 8.78 Å². The first-order valence-corrected chi connectivity index (χ1v) is 5.51. The number of benzene rings is 1. The van der Waals surface area contributed by atoms with Gasteiger partial charge in [-0.3, -0.25) is 0 Å². The van der Waals surface area contributed by atoms with Crippen molar-refractivity contribution in [3.05, 3.63) is 29.8 Å². The molecular formula is C13H18F2O. The molecule has 0 saturated carbocycles. The van der Waals surface area contributed by atoms with Crippen molar-refractivity contribution < 1.29 is 13.5 Å². The Balaban J connectivity index is 2.57. The fourth-order valence-electron chi connectivity index (χ4n) is 1.16. The monoisotopic (exact) mass is 228 g/mol. The van der Waals surface area contributed by atoms with Gasteiger partial charge in [0.1, 0.15) is 5.75 Å². The zero-order chi connectivity index (χ0) is 12.1. The molecule has 0 aliphatic heterocycles. The summed E-state index contributed by atoms with van der Waals surface area (Å²) in [5.41, 5.74) is 0.00898. The summed E-state index contributed by atoms with van der Waals surface area (Å²) < 4.78 is 30.3. The summed E-state index contributed by atoms with van der Waals surface area (Å²) in [5.74, 6) is 1.46. The predicted octanol–water partition coefficient (Wildman–Crippen LogP) is 4.30. The van der Waals surface area contributed by atoms with E-state index in [1.807, 2.05) is 0 Å². The molecule has 0 fully saturated rings. The molecule has 1 nitrogen and oxygen atoms in total. The van der Waals surface area contributed by atoms with Gasteiger partial charge < -0.3 is 4.74 Å². The van der Waals surface area contributed by atoms with Gasteiger partial charge in [0.2, 0.25) is 0 Å². The molecule has 0 aliphatic carbocycles. The first-order valence-electron chi connectivity index (χ1n) is 5.51. The largest absolute Gasteiger partial charge is 0.493 e. The highest BCUT2D eigenvalue weighted by molar-refractivity contribution is 5.29. The van der Waals surface area contributed by atoms with Crippen LogP contribution in [0.3, 0.4) is 0 Å². The zero-order valence-electron chi connectivity index (χ0n) is 9.91. The molecule has 0 bridgehead atoms. The summed E-state index contributed by atoms with van der Waals surface area (Å²) in [6, 6.07) is 6.11. The second-order valence-electron chi connectivity index (χ2n) is 4.41. The van der Waals surface area contributed by atoms with Crippen LogP contribution in [-0.2, 0) is 0 Å². The highest BCUT2D eigenvalue weighted by Gasteiger charge is 2.10. The fraction of sp³-hybridized carbons (Fsp3) is 0.538. The minimum Gasteiger partial charge on any atom is -0.493 e. The van der Waals surface area contributed by atoms with E-state index in [1.165, 1.54) is 12.1 Å². The van der Waals surface area contributed by atoms with Gasteiger partial charge >= 0.3 is 0 Å². The Morgan fingerprint density at radius 1 is 1.19 bits per heavy atom. The zero-order valence-corrected chi connectivity index (χ0v) is 9.91. The van der Waals surface area contributed by atoms with Gasteiger partial charge in [-0.2, -0.15) is 0 Å². The molecule has 1 rings (SSSR count). The van der Waals surface area contributed by atoms with Crippen LogP contribution in [0, 0.1) is 11.8 Å². The van der Waals surface area contributed by atoms with Crippen molar-refractivity contribution in [2.24, 2.45) is 11.8 Å². The number of halogens is 2. The highest BCUT2D eigenvalue weighted by atomic mass is 19.3. The Morgan fingerprint density at radius 2 is 1.88 bits per heavy atom. The Morgan fingerprint density at radius 3 is 2.44 bits per heavy atom. The summed E-state index contributed by atoms with van der Waals surface area (Å²) in [4.78, 5) is 0. The van der Waals surface area contributed by atoms with Gasteiger partial charge in [0.05, 0.1) is 6.61 Å². The van der Waals surface area contributed by atoms with Crippen molar-refractivity contribution in [1.82, 2.24) is 0 Å². The maximum Gasteiger partial charge on any atom is 0.263 e. The predicted molar refractivity (Wildman–Crippen MR) is 60.9 cm³/mol. The molecule has 0 aliphatic rings. The number of alkyl halides is 2. The smallest absolute Gasteiger partial charge is 0.263 e. The molecule has 0 amide bonds. The van der Waals surface area contributed by atoms with Gasteiger partial charge in [0, 0.05) is 5.56 Å². The van der Waals surface area contributed by atoms with E-state index in [9.17, 15) is 8.78 Å². The van der Waals surface area contributed by atoms with Crippen molar-refractivity contribution in [3.63, 3.8) is 0 Å². The molecule has 0 aromatic heterocycles. The maximum absolute atomic E-state index is 12.4. The van der Waals surface area contributed by atoms with E-state index in [-0.39, 0.29) is 5.56 Å². The van der Waals surface area contributed by atoms with Crippen molar-refractivity contribution in [2.45, 2.75) is 27.2 Å². The van der Waals surface area contributed by atoms with Crippen LogP contribution in [0.25, 0.3) is 0 Å². The third-order valence-electron chi connectivity index (χ3n) is 2.76. The molecule has 0 spiro atoms. The van der Waals surface area contributed by atoms with Crippen LogP contribution in [0.15, 0.2) is 24.3 Å². The highest BCUT2D eigenvalue weighted by Crippen LogP contribution is 2.23. The summed E-state index contributed by atoms with van der Waals surface area (Å²) in [7, 11) is 0. The lowest BCUT2D eigenvalue weighted by Crippen LogP contribution is -2.14. The standard InChI is InChI=1S/C13H18F2O/c1-9(2)10(3)8-16-12-6-4-5-11(7-12)13(14)15/h4-7,9-10,13H,8H2,1-3H3. The first-order chi connectivity index (χ1) is 7.50. The van der Waals surface area contributed by atoms with Crippen molar-refractivity contribution in [3.8, 4) is 5.75 Å². The minimum absolute atomic E-state index is 0.00898. The Bertz CT molecular complexity index is 323. The van der Waals surface area contributed by atoms with Crippen LogP contribution < -0.4 is 4.74 Å². The molecule has 1 aromatic carbocycles. The SMILES string of the molecule is CC(C)C(C)COc1cccc(C(F)F)c1. The second kappa shape index (κ2) is 5.83. The molecule has 0 heterocycles. The topological polar surface area (TPSA) is 9.23 Å². The number of ether oxygens (including phenoxy) is 1. The van der Waals surface area contributed by atoms with E-state index in [4.69, 9.17) is 4.74 Å². The molecule has 16 heavy (non-hydrogen) atoms. The molecular weight excluding hydrogens is 210 g/mol. The normalized spacial score (nSPS) is 13.2. The molecule has 1 aromatic rings. The Hall–Kier alpha value is -1.12. The second-order valence-corrected chi connectivity index (χ2v) is 4.41. The molecule has 3 heteroatoms. The lowest BCUT2D eigenvalue weighted by molar-refractivity contribution is 0.150. The Labute approximate surface area is 95.4 Å². The third kappa shape index (κ3) is 3.80. The Kier molecular flexibility index (Phi) is 4.71. The molecule has 0 radical (unpaired) electrons. The van der Waals surface area contributed by atoms with Gasteiger partial charge in [-0.25, -0.2) is 8.78 Å². The van der Waals surface area contributed by atoms with Crippen molar-refractivity contribution in [1.29, 1.82) is 0 Å². The van der Waals surface area contributed by atoms with Gasteiger partial charge in [0.15, 0.2) is 0 Å². The lowest BCUT2D eigenvalue weighted by Gasteiger charge is -2.16. The molecule has 1 atom stereocenters. The average Bonchev–Trinajstić information content (AvgIpc) is 2.26. The summed E-state index contributed by atoms with van der Waals surface area (Å²) in [6.45, 7) is 6.87. The first kappa shape index (κ1) is 12.9. The fourth-order valence-corrected chi connectivity index (χ4v) is 1.16. The van der Waals surface area contributed by atoms with Gasteiger partial charge in [-0.1, -0.05) is 32.9 Å². The summed E-state index contributed by atoms with van der Waals surface area (Å²) in [5, 5.41) is 0. The summed E-state index contributed by atoms with van der Waals surface area (Å²) in [6.07, 6.45) is -2.44. The van der Waals surface area contributed by atoms with E-state index < -0.39 is 6.43 Å². The third-order valence-corrected chi connectivity index (χ3v) is 2.76. The molecule has 0 saturated heterocycles. The summed E-state index contributed by atoms with van der Waals surface area (Å²) >= 11 is 0. The van der Waals surface area contributed by atoms with Crippen LogP contribution >= 0.6 is 0 Å². The van der Waals surface area contributed by atoms with Gasteiger partial charge in [0.25, 0.3) is 6.43 Å². The van der Waals surface area contributed by atoms with E-state index >= 15 is 0 Å². The van der Waals surface area contributed by atoms with Crippen LogP contribution in [-0.4, -0.2) is 6.61 Å². The van der Waals surface area contributed by atoms with E-state index in [2.05, 4.69) is 20.8 Å². The van der Waals surface area contributed by atoms with E-state index in [0.717, 1.165) is 0 Å². The van der Waals surface area contributed by atoms with Crippen LogP contribution in [0.2, 0.25) is 0 Å². The van der Waals surface area contributed by atoms with E-state index in [1.54, 1.807) is 12.1 Å². The van der Waals surface area contributed by atoms with Gasteiger partial charge in [-0.05, 0) is 24.0 Å². The van der Waals surface area contributed by atoms with Crippen molar-refractivity contribution in [2.75, 3.05) is 6.61 Å². The van der Waals surface area contributed by atoms with Crippen LogP contribution in [0.5, 0.6) is 5.75 Å². The lowest BCUT2D eigenvalue weighted by atomic mass is 9.99. The van der Waals surface area contributed by atoms with Crippen molar-refractivity contribution >= 4 is 0 Å².